The van der Waals surface area contributed by atoms with Crippen molar-refractivity contribution in [3.05, 3.63) is 0 Å². The van der Waals surface area contributed by atoms with Crippen LogP contribution in [0.5, 0.6) is 0 Å². The fourth-order valence-corrected chi connectivity index (χ4v) is 2.73. The molecule has 0 aliphatic carbocycles. The van der Waals surface area contributed by atoms with Crippen LogP contribution in [0.2, 0.25) is 0 Å². The predicted molar refractivity (Wildman–Crippen MR) is 86.8 cm³/mol. The Morgan fingerprint density at radius 1 is 1.00 bits per heavy atom. The van der Waals surface area contributed by atoms with E-state index in [4.69, 9.17) is 0 Å². The van der Waals surface area contributed by atoms with Gasteiger partial charge in [0, 0.05) is 26.2 Å². The van der Waals surface area contributed by atoms with Crippen LogP contribution in [0.15, 0.2) is 0 Å². The lowest BCUT2D eigenvalue weighted by atomic mass is 10.2. The normalized spacial score (nSPS) is 28.1. The minimum Gasteiger partial charge on any atom is -0.308 e. The Labute approximate surface area is 121 Å². The molecule has 0 aromatic rings. The number of rotatable bonds is 3. The first-order valence-corrected chi connectivity index (χ1v) is 7.53. The van der Waals surface area contributed by atoms with Crippen molar-refractivity contribution in [1.82, 2.24) is 14.7 Å². The first-order valence-electron chi connectivity index (χ1n) is 7.53. The van der Waals surface area contributed by atoms with Crippen molar-refractivity contribution in [2.75, 3.05) is 60.4 Å². The Morgan fingerprint density at radius 3 is 1.89 bits per heavy atom. The molecule has 0 saturated carbocycles. The van der Waals surface area contributed by atoms with E-state index in [0.717, 1.165) is 11.8 Å². The van der Waals surface area contributed by atoms with Gasteiger partial charge in [0.25, 0.3) is 0 Å². The van der Waals surface area contributed by atoms with Gasteiger partial charge in [-0.25, -0.2) is 0 Å². The molecule has 3 nitrogen and oxygen atoms in total. The van der Waals surface area contributed by atoms with Gasteiger partial charge < -0.3 is 14.7 Å². The summed E-state index contributed by atoms with van der Waals surface area (Å²) in [4.78, 5) is 7.19. The largest absolute Gasteiger partial charge is 0.308 e. The molecule has 3 heteroatoms. The van der Waals surface area contributed by atoms with Crippen LogP contribution in [0.4, 0.5) is 0 Å². The van der Waals surface area contributed by atoms with Crippen molar-refractivity contribution < 1.29 is 0 Å². The summed E-state index contributed by atoms with van der Waals surface area (Å²) in [5.41, 5.74) is 0. The molecule has 0 amide bonds. The summed E-state index contributed by atoms with van der Waals surface area (Å²) in [5, 5.41) is 0. The highest BCUT2D eigenvalue weighted by molar-refractivity contribution is 4.72. The number of likely N-dealkylation sites (tertiary alicyclic amines) is 2. The zero-order valence-electron chi connectivity index (χ0n) is 13.2. The second kappa shape index (κ2) is 9.73. The van der Waals surface area contributed by atoms with Gasteiger partial charge in [-0.3, -0.25) is 0 Å². The van der Waals surface area contributed by atoms with Gasteiger partial charge in [-0.1, -0.05) is 21.3 Å². The Bertz CT molecular complexity index is 210. The van der Waals surface area contributed by atoms with Crippen molar-refractivity contribution in [2.24, 2.45) is 11.8 Å². The number of likely N-dealkylation sites (N-methyl/N-ethyl adjacent to an activating group) is 1. The monoisotopic (exact) mass is 271 g/mol. The Hall–Kier alpha value is -0.120. The van der Waals surface area contributed by atoms with Crippen LogP contribution in [0.25, 0.3) is 0 Å². The minimum absolute atomic E-state index is 0. The van der Waals surface area contributed by atoms with Crippen LogP contribution in [0, 0.1) is 11.8 Å². The van der Waals surface area contributed by atoms with Gasteiger partial charge in [0.2, 0.25) is 0 Å². The van der Waals surface area contributed by atoms with E-state index in [1.165, 1.54) is 52.1 Å². The van der Waals surface area contributed by atoms with Crippen molar-refractivity contribution in [3.8, 4) is 0 Å². The number of hydrogen-bond donors (Lipinski definition) is 0. The molecule has 19 heavy (non-hydrogen) atoms. The third-order valence-corrected chi connectivity index (χ3v) is 4.00. The SMILES string of the molecule is C.CC1CCN(C)C1.CC1CCN(CCN(C)C)C1. The maximum Gasteiger partial charge on any atom is 0.0109 e. The second-order valence-electron chi connectivity index (χ2n) is 6.65. The molecule has 2 unspecified atom stereocenters. The average molecular weight is 271 g/mol. The van der Waals surface area contributed by atoms with E-state index in [-0.39, 0.29) is 7.43 Å². The van der Waals surface area contributed by atoms with Gasteiger partial charge in [-0.2, -0.15) is 0 Å². The maximum atomic E-state index is 2.56. The van der Waals surface area contributed by atoms with E-state index in [1.807, 2.05) is 0 Å². The zero-order valence-corrected chi connectivity index (χ0v) is 13.2. The summed E-state index contributed by atoms with van der Waals surface area (Å²) < 4.78 is 0. The summed E-state index contributed by atoms with van der Waals surface area (Å²) in [5.74, 6) is 1.88. The lowest BCUT2D eigenvalue weighted by Crippen LogP contribution is -2.29. The summed E-state index contributed by atoms with van der Waals surface area (Å²) in [6, 6.07) is 0. The third kappa shape index (κ3) is 8.61. The standard InChI is InChI=1S/C9H20N2.C6H13N.CH4/c1-9-4-5-11(8-9)7-6-10(2)3;1-6-3-4-7(2)5-6;/h9H,4-8H2,1-3H3;6H,3-5H2,1-2H3;1H4. The van der Waals surface area contributed by atoms with Crippen molar-refractivity contribution in [3.63, 3.8) is 0 Å². The number of nitrogens with zero attached hydrogens (tertiary/aromatic N) is 3. The molecule has 2 aliphatic rings. The molecule has 0 aromatic carbocycles. The van der Waals surface area contributed by atoms with E-state index >= 15 is 0 Å². The molecule has 2 rings (SSSR count). The fraction of sp³-hybridized carbons (Fsp3) is 1.00. The van der Waals surface area contributed by atoms with Gasteiger partial charge in [0.15, 0.2) is 0 Å². The summed E-state index contributed by atoms with van der Waals surface area (Å²) in [7, 11) is 6.46. The van der Waals surface area contributed by atoms with Gasteiger partial charge >= 0.3 is 0 Å². The maximum absolute atomic E-state index is 2.56. The number of hydrogen-bond acceptors (Lipinski definition) is 3. The molecule has 2 atom stereocenters. The van der Waals surface area contributed by atoms with E-state index in [9.17, 15) is 0 Å². The zero-order chi connectivity index (χ0) is 13.5. The molecule has 2 saturated heterocycles. The van der Waals surface area contributed by atoms with E-state index in [2.05, 4.69) is 49.7 Å². The highest BCUT2D eigenvalue weighted by Crippen LogP contribution is 2.14. The van der Waals surface area contributed by atoms with Crippen LogP contribution in [0.3, 0.4) is 0 Å². The highest BCUT2D eigenvalue weighted by Gasteiger charge is 2.17. The molecule has 0 aromatic heterocycles. The Morgan fingerprint density at radius 2 is 1.58 bits per heavy atom. The third-order valence-electron chi connectivity index (χ3n) is 4.00. The van der Waals surface area contributed by atoms with Crippen LogP contribution in [-0.4, -0.2) is 75.1 Å². The smallest absolute Gasteiger partial charge is 0.0109 e. The van der Waals surface area contributed by atoms with Crippen LogP contribution in [-0.2, 0) is 0 Å². The van der Waals surface area contributed by atoms with Crippen molar-refractivity contribution in [2.45, 2.75) is 34.1 Å². The second-order valence-corrected chi connectivity index (χ2v) is 6.65. The predicted octanol–water partition coefficient (Wildman–Crippen LogP) is 2.48. The minimum atomic E-state index is 0. The van der Waals surface area contributed by atoms with Gasteiger partial charge in [0.05, 0.1) is 0 Å². The topological polar surface area (TPSA) is 9.72 Å². The molecule has 2 aliphatic heterocycles. The van der Waals surface area contributed by atoms with Crippen molar-refractivity contribution >= 4 is 0 Å². The first kappa shape index (κ1) is 18.9. The highest BCUT2D eigenvalue weighted by atomic mass is 15.2. The van der Waals surface area contributed by atoms with E-state index in [1.54, 1.807) is 0 Å². The molecule has 0 N–H and O–H groups in total. The molecule has 0 bridgehead atoms. The van der Waals surface area contributed by atoms with Crippen LogP contribution in [0.1, 0.15) is 34.1 Å². The first-order chi connectivity index (χ1) is 8.47. The molecule has 0 radical (unpaired) electrons. The molecular weight excluding hydrogens is 234 g/mol. The molecule has 2 fully saturated rings. The molecule has 2 heterocycles. The molecule has 116 valence electrons. The van der Waals surface area contributed by atoms with Gasteiger partial charge in [0.1, 0.15) is 0 Å². The summed E-state index contributed by atoms with van der Waals surface area (Å²) in [6.07, 6.45) is 2.80. The Kier molecular flexibility index (Phi) is 9.67. The summed E-state index contributed by atoms with van der Waals surface area (Å²) in [6.45, 7) is 12.3. The van der Waals surface area contributed by atoms with Crippen molar-refractivity contribution in [1.29, 1.82) is 0 Å². The quantitative estimate of drug-likeness (QED) is 0.781. The Balaban J connectivity index is 0.000000352. The van der Waals surface area contributed by atoms with E-state index in [0.29, 0.717) is 0 Å². The molecular formula is C16H37N3. The van der Waals surface area contributed by atoms with Gasteiger partial charge in [-0.15, -0.1) is 0 Å². The van der Waals surface area contributed by atoms with Crippen LogP contribution < -0.4 is 0 Å². The fourth-order valence-electron chi connectivity index (χ4n) is 2.73. The average Bonchev–Trinajstić information content (AvgIpc) is 2.86. The lowest BCUT2D eigenvalue weighted by molar-refractivity contribution is 0.277. The molecule has 0 spiro atoms. The summed E-state index contributed by atoms with van der Waals surface area (Å²) >= 11 is 0. The van der Waals surface area contributed by atoms with Gasteiger partial charge in [-0.05, 0) is 58.9 Å². The van der Waals surface area contributed by atoms with Crippen LogP contribution >= 0.6 is 0 Å². The lowest BCUT2D eigenvalue weighted by Gasteiger charge is -2.17. The van der Waals surface area contributed by atoms with E-state index < -0.39 is 0 Å².